The Morgan fingerprint density at radius 3 is 2.28 bits per heavy atom. The molecule has 0 aliphatic heterocycles. The van der Waals surface area contributed by atoms with E-state index >= 15 is 0 Å². The van der Waals surface area contributed by atoms with Crippen molar-refractivity contribution < 1.29 is 14.3 Å². The molecule has 18 heavy (non-hydrogen) atoms. The van der Waals surface area contributed by atoms with Gasteiger partial charge < -0.3 is 9.47 Å². The lowest BCUT2D eigenvalue weighted by molar-refractivity contribution is -0.142. The second kappa shape index (κ2) is 7.13. The molecule has 0 saturated carbocycles. The lowest BCUT2D eigenvalue weighted by Crippen LogP contribution is -2.12. The van der Waals surface area contributed by atoms with Gasteiger partial charge in [0.25, 0.3) is 0 Å². The van der Waals surface area contributed by atoms with Crippen LogP contribution in [0.2, 0.25) is 0 Å². The van der Waals surface area contributed by atoms with Crippen molar-refractivity contribution in [3.05, 3.63) is 41.7 Å². The van der Waals surface area contributed by atoms with E-state index in [1.807, 2.05) is 12.1 Å². The van der Waals surface area contributed by atoms with Crippen molar-refractivity contribution in [2.75, 3.05) is 13.2 Å². The maximum Gasteiger partial charge on any atom is 0.375 e. The monoisotopic (exact) mass is 245 g/mol. The quantitative estimate of drug-likeness (QED) is 0.346. The predicted molar refractivity (Wildman–Crippen MR) is 67.2 cm³/mol. The van der Waals surface area contributed by atoms with Gasteiger partial charge in [0.05, 0.1) is 13.2 Å². The summed E-state index contributed by atoms with van der Waals surface area (Å²) in [5.74, 6) is -0.646. The first-order valence-corrected chi connectivity index (χ1v) is 5.74. The number of esters is 1. The molecule has 0 heterocycles. The Balaban J connectivity index is 3.23. The topological polar surface area (TPSA) is 59.3 Å². The highest BCUT2D eigenvalue weighted by molar-refractivity contribution is 5.99. The van der Waals surface area contributed by atoms with Gasteiger partial charge in [-0.15, -0.1) is 0 Å². The third-order valence-electron chi connectivity index (χ3n) is 2.15. The van der Waals surface area contributed by atoms with Gasteiger partial charge in [0.15, 0.2) is 0 Å². The van der Waals surface area contributed by atoms with E-state index in [-0.39, 0.29) is 17.9 Å². The molecule has 0 atom stereocenters. The van der Waals surface area contributed by atoms with E-state index in [0.29, 0.717) is 12.2 Å². The van der Waals surface area contributed by atoms with Gasteiger partial charge in [0.2, 0.25) is 5.76 Å². The minimum absolute atomic E-state index is 0.0342. The molecule has 0 radical (unpaired) electrons. The van der Waals surface area contributed by atoms with Crippen LogP contribution in [0.3, 0.4) is 0 Å². The third kappa shape index (κ3) is 3.36. The lowest BCUT2D eigenvalue weighted by Gasteiger charge is -2.10. The van der Waals surface area contributed by atoms with E-state index in [1.165, 1.54) is 0 Å². The van der Waals surface area contributed by atoms with Gasteiger partial charge >= 0.3 is 5.97 Å². The minimum Gasteiger partial charge on any atom is -0.486 e. The van der Waals surface area contributed by atoms with Crippen molar-refractivity contribution >= 4 is 11.5 Å². The van der Waals surface area contributed by atoms with E-state index in [2.05, 4.69) is 0 Å². The zero-order chi connectivity index (χ0) is 13.4. The first-order valence-electron chi connectivity index (χ1n) is 5.74. The van der Waals surface area contributed by atoms with Gasteiger partial charge in [-0.2, -0.15) is 5.26 Å². The molecule has 0 aliphatic carbocycles. The first kappa shape index (κ1) is 13.8. The number of nitrogens with zero attached hydrogens (tertiary/aromatic N) is 1. The van der Waals surface area contributed by atoms with Crippen LogP contribution in [-0.2, 0) is 14.3 Å². The van der Waals surface area contributed by atoms with Crippen LogP contribution in [0.5, 0.6) is 0 Å². The number of hydrogen-bond acceptors (Lipinski definition) is 4. The van der Waals surface area contributed by atoms with Crippen molar-refractivity contribution in [1.29, 1.82) is 5.26 Å². The highest BCUT2D eigenvalue weighted by atomic mass is 16.6. The molecule has 1 aromatic rings. The fraction of sp³-hybridized carbons (Fsp3) is 0.286. The molecule has 0 aromatic heterocycles. The average Bonchev–Trinajstić information content (AvgIpc) is 2.40. The maximum absolute atomic E-state index is 11.8. The van der Waals surface area contributed by atoms with Crippen molar-refractivity contribution in [3.8, 4) is 6.07 Å². The molecular formula is C14H15NO3. The van der Waals surface area contributed by atoms with Crippen LogP contribution >= 0.6 is 0 Å². The highest BCUT2D eigenvalue weighted by Crippen LogP contribution is 2.19. The number of ether oxygens (including phenoxy) is 2. The fourth-order valence-electron chi connectivity index (χ4n) is 1.43. The molecule has 0 bridgehead atoms. The maximum atomic E-state index is 11.8. The van der Waals surface area contributed by atoms with E-state index in [9.17, 15) is 10.1 Å². The molecule has 4 heteroatoms. The summed E-state index contributed by atoms with van der Waals surface area (Å²) in [6.07, 6.45) is 0. The van der Waals surface area contributed by atoms with E-state index in [1.54, 1.807) is 38.1 Å². The van der Waals surface area contributed by atoms with E-state index in [4.69, 9.17) is 9.47 Å². The van der Waals surface area contributed by atoms with Crippen molar-refractivity contribution in [1.82, 2.24) is 0 Å². The summed E-state index contributed by atoms with van der Waals surface area (Å²) in [5.41, 5.74) is 0.826. The molecule has 4 nitrogen and oxygen atoms in total. The average molecular weight is 245 g/mol. The number of carbonyl (C=O) groups is 1. The Labute approximate surface area is 106 Å². The molecule has 1 rings (SSSR count). The van der Waals surface area contributed by atoms with Gasteiger partial charge in [0.1, 0.15) is 11.6 Å². The van der Waals surface area contributed by atoms with Gasteiger partial charge in [-0.1, -0.05) is 30.3 Å². The summed E-state index contributed by atoms with van der Waals surface area (Å²) >= 11 is 0. The molecule has 0 amide bonds. The van der Waals surface area contributed by atoms with E-state index in [0.717, 1.165) is 0 Å². The number of rotatable bonds is 5. The number of nitriles is 1. The number of allylic oxidation sites excluding steroid dienone is 1. The van der Waals surface area contributed by atoms with Gasteiger partial charge in [0, 0.05) is 0 Å². The Bertz CT molecular complexity index is 472. The van der Waals surface area contributed by atoms with Gasteiger partial charge in [-0.05, 0) is 19.4 Å². The Kier molecular flexibility index (Phi) is 5.46. The SMILES string of the molecule is CCOC(=O)/C(OCC)=C(/C#N)c1ccccc1. The third-order valence-corrected chi connectivity index (χ3v) is 2.15. The lowest BCUT2D eigenvalue weighted by atomic mass is 10.1. The van der Waals surface area contributed by atoms with Crippen LogP contribution in [0.1, 0.15) is 19.4 Å². The summed E-state index contributed by atoms with van der Waals surface area (Å²) < 4.78 is 10.1. The Morgan fingerprint density at radius 1 is 1.17 bits per heavy atom. The van der Waals surface area contributed by atoms with Crippen LogP contribution < -0.4 is 0 Å². The molecule has 0 unspecified atom stereocenters. The molecule has 0 aliphatic rings. The van der Waals surface area contributed by atoms with Crippen LogP contribution in [0.25, 0.3) is 5.57 Å². The number of benzene rings is 1. The molecule has 0 spiro atoms. The normalized spacial score (nSPS) is 11.2. The fourth-order valence-corrected chi connectivity index (χ4v) is 1.43. The second-order valence-corrected chi connectivity index (χ2v) is 3.34. The zero-order valence-electron chi connectivity index (χ0n) is 10.5. The molecular weight excluding hydrogens is 230 g/mol. The van der Waals surface area contributed by atoms with Crippen molar-refractivity contribution in [2.45, 2.75) is 13.8 Å². The van der Waals surface area contributed by atoms with Crippen LogP contribution in [0.15, 0.2) is 36.1 Å². The summed E-state index contributed by atoms with van der Waals surface area (Å²) in [5, 5.41) is 9.20. The predicted octanol–water partition coefficient (Wildman–Crippen LogP) is 2.52. The smallest absolute Gasteiger partial charge is 0.375 e. The zero-order valence-corrected chi connectivity index (χ0v) is 10.5. The molecule has 0 N–H and O–H groups in total. The molecule has 1 aromatic carbocycles. The molecule has 0 saturated heterocycles. The van der Waals surface area contributed by atoms with Crippen molar-refractivity contribution in [2.24, 2.45) is 0 Å². The standard InChI is InChI=1S/C14H15NO3/c1-3-17-13(14(16)18-4-2)12(10-15)11-8-6-5-7-9-11/h5-9H,3-4H2,1-2H3/b13-12+. The summed E-state index contributed by atoms with van der Waals surface area (Å²) in [4.78, 5) is 11.8. The minimum atomic E-state index is -0.611. The summed E-state index contributed by atoms with van der Waals surface area (Å²) in [6.45, 7) is 3.99. The van der Waals surface area contributed by atoms with Crippen LogP contribution in [0, 0.1) is 11.3 Å². The first-order chi connectivity index (χ1) is 8.74. The Hall–Kier alpha value is -2.28. The van der Waals surface area contributed by atoms with Gasteiger partial charge in [-0.25, -0.2) is 4.79 Å². The van der Waals surface area contributed by atoms with Crippen LogP contribution in [-0.4, -0.2) is 19.2 Å². The van der Waals surface area contributed by atoms with Gasteiger partial charge in [-0.3, -0.25) is 0 Å². The summed E-state index contributed by atoms with van der Waals surface area (Å²) in [7, 11) is 0. The molecule has 94 valence electrons. The number of hydrogen-bond donors (Lipinski definition) is 0. The highest BCUT2D eigenvalue weighted by Gasteiger charge is 2.19. The van der Waals surface area contributed by atoms with Crippen molar-refractivity contribution in [3.63, 3.8) is 0 Å². The molecule has 0 fully saturated rings. The second-order valence-electron chi connectivity index (χ2n) is 3.34. The van der Waals surface area contributed by atoms with Crippen LogP contribution in [0.4, 0.5) is 0 Å². The summed E-state index contributed by atoms with van der Waals surface area (Å²) in [6, 6.07) is 10.9. The van der Waals surface area contributed by atoms with E-state index < -0.39 is 5.97 Å². The largest absolute Gasteiger partial charge is 0.486 e. The Morgan fingerprint density at radius 2 is 1.78 bits per heavy atom. The number of carbonyl (C=O) groups excluding carboxylic acids is 1.